The highest BCUT2D eigenvalue weighted by Gasteiger charge is 2.26. The van der Waals surface area contributed by atoms with E-state index < -0.39 is 72.5 Å². The molecule has 3 nitrogen and oxygen atoms in total. The third-order valence-corrected chi connectivity index (χ3v) is 26.7. The van der Waals surface area contributed by atoms with E-state index in [2.05, 4.69) is 66.7 Å². The maximum absolute atomic E-state index is 9.42. The summed E-state index contributed by atoms with van der Waals surface area (Å²) in [5.74, 6) is 0. The molecule has 29 aromatic rings. The number of para-hydroxylation sites is 3. The summed E-state index contributed by atoms with van der Waals surface area (Å²) >= 11 is 0. The van der Waals surface area contributed by atoms with Gasteiger partial charge in [-0.25, -0.2) is 0 Å². The Morgan fingerprint density at radius 3 is 0.785 bits per heavy atom. The highest BCUT2D eigenvalue weighted by Crippen LogP contribution is 2.53. The molecule has 26 aromatic carbocycles. The Morgan fingerprint density at radius 2 is 0.385 bits per heavy atom. The Bertz CT molecular complexity index is 11300. The van der Waals surface area contributed by atoms with Crippen molar-refractivity contribution in [3.63, 3.8) is 0 Å². The molecule has 0 spiro atoms. The molecule has 3 aromatic heterocycles. The molecule has 0 bridgehead atoms. The second-order valence-corrected chi connectivity index (χ2v) is 33.9. The van der Waals surface area contributed by atoms with Gasteiger partial charge >= 0.3 is 0 Å². The Labute approximate surface area is 810 Å². The number of rotatable bonds is 8. The monoisotopic (exact) mass is 1740 g/mol. The first-order valence-corrected chi connectivity index (χ1v) is 44.5. The summed E-state index contributed by atoms with van der Waals surface area (Å²) in [4.78, 5) is 0. The lowest BCUT2D eigenvalue weighted by atomic mass is 9.84. The maximum atomic E-state index is 9.42. The number of hydrogen-bond donors (Lipinski definition) is 0. The van der Waals surface area contributed by atoms with Gasteiger partial charge in [-0.3, -0.25) is 0 Å². The van der Waals surface area contributed by atoms with E-state index in [1.54, 1.807) is 18.2 Å². The van der Waals surface area contributed by atoms with Crippen molar-refractivity contribution in [3.8, 4) is 89.0 Å². The molecule has 0 aliphatic heterocycles. The molecule has 0 radical (unpaired) electrons. The molecule has 135 heavy (non-hydrogen) atoms. The van der Waals surface area contributed by atoms with Crippen LogP contribution in [-0.2, 0) is 0 Å². The summed E-state index contributed by atoms with van der Waals surface area (Å²) < 4.78 is 237. The fourth-order valence-corrected chi connectivity index (χ4v) is 20.8. The van der Waals surface area contributed by atoms with Crippen molar-refractivity contribution < 1.29 is 46.1 Å². The van der Waals surface area contributed by atoms with Gasteiger partial charge in [0.1, 0.15) is 33.5 Å². The molecule has 0 amide bonds. The largest absolute Gasteiger partial charge is 0.456 e. The van der Waals surface area contributed by atoms with Crippen molar-refractivity contribution in [2.24, 2.45) is 0 Å². The summed E-state index contributed by atoms with van der Waals surface area (Å²) in [6.07, 6.45) is 0. The van der Waals surface area contributed by atoms with Crippen molar-refractivity contribution in [2.45, 2.75) is 0 Å². The van der Waals surface area contributed by atoms with Crippen molar-refractivity contribution in [3.05, 3.63) is 485 Å². The van der Waals surface area contributed by atoms with Crippen LogP contribution in [0.15, 0.2) is 498 Å². The molecule has 0 saturated carbocycles. The summed E-state index contributed by atoms with van der Waals surface area (Å²) in [7, 11) is 0. The quantitative estimate of drug-likeness (QED) is 0.112. The lowest BCUT2D eigenvalue weighted by molar-refractivity contribution is 0.668. The number of hydrogen-bond acceptors (Lipinski definition) is 3. The van der Waals surface area contributed by atoms with E-state index in [-0.39, 0.29) is 137 Å². The first kappa shape index (κ1) is 56.6. The fraction of sp³-hybridized carbons (Fsp3) is 0. The standard InChI is InChI=1S/2C46H28O.C40H24O/c1-2-14-34-29(11-1)23-24-30-25-26-32(28-41(30)34)31-12-9-13-33(27-31)44-35-15-3-5-17-37(35)45(38-18-6-4-16-36(38)44)40-20-10-22-43-46(40)39-19-7-8-21-42(39)47-43;1-2-13-32-31(12-1)28-41(34-15-4-3-14-33(32)34)29-24-26-30(27-25-29)44-35-16-5-7-18-37(35)45(38-19-8-6-17-36(38)44)40-21-11-23-43-46(40)39-20-9-10-22-42(39)47-43;1-2-11-28-25(10-1)20-21-26-22-23-27(24-35(26)28)38-29-12-3-5-14-31(29)39(32-15-6-4-13-30(32)38)34-17-9-19-37-40(34)33-16-7-8-18-36(33)41-37/h2*1-28H;1-24H/i3D,4D,5D,6D,15D,16D,17D,18D;5D,6D,7D,8D,16D,17D,18D,19D;3D,4D,5D,6D,12D,13D,14D,15D. The third-order valence-electron chi connectivity index (χ3n) is 26.7. The molecule has 626 valence electrons. The Balaban J connectivity index is 0.000000116. The highest BCUT2D eigenvalue weighted by atomic mass is 16.3. The van der Waals surface area contributed by atoms with Gasteiger partial charge in [0.2, 0.25) is 0 Å². The Hall–Kier alpha value is -17.8. The molecule has 0 fully saturated rings. The average molecular weight is 1740 g/mol. The van der Waals surface area contributed by atoms with Crippen LogP contribution in [0.1, 0.15) is 32.9 Å². The summed E-state index contributed by atoms with van der Waals surface area (Å²) in [5.41, 5.74) is 12.4. The van der Waals surface area contributed by atoms with Crippen LogP contribution >= 0.6 is 0 Å². The minimum atomic E-state index is -0.439. The van der Waals surface area contributed by atoms with E-state index in [0.29, 0.717) is 116 Å². The van der Waals surface area contributed by atoms with E-state index in [4.69, 9.17) is 29.7 Å². The number of furan rings is 3. The molecule has 29 rings (SSSR count). The fourth-order valence-electron chi connectivity index (χ4n) is 20.8. The molecule has 3 heterocycles. The Kier molecular flexibility index (Phi) is 13.2. The van der Waals surface area contributed by atoms with Crippen LogP contribution in [0.3, 0.4) is 0 Å². The minimum Gasteiger partial charge on any atom is -0.456 e. The summed E-state index contributed by atoms with van der Waals surface area (Å²) in [5, 5.41) is 19.2. The highest BCUT2D eigenvalue weighted by molar-refractivity contribution is 6.30. The maximum Gasteiger partial charge on any atom is 0.136 e. The summed E-state index contributed by atoms with van der Waals surface area (Å²) in [6, 6.07) is 101. The predicted octanol–water partition coefficient (Wildman–Crippen LogP) is 37.9. The number of benzene rings is 26. The van der Waals surface area contributed by atoms with Crippen LogP contribution in [0.5, 0.6) is 0 Å². The lowest BCUT2D eigenvalue weighted by Gasteiger charge is -2.18. The van der Waals surface area contributed by atoms with Gasteiger partial charge in [0.05, 0.1) is 32.9 Å². The minimum absolute atomic E-state index is 0.166. The number of fused-ring (bicyclic) bond motifs is 24. The van der Waals surface area contributed by atoms with Gasteiger partial charge in [-0.05, 0) is 279 Å². The third kappa shape index (κ3) is 12.6. The van der Waals surface area contributed by atoms with Gasteiger partial charge in [-0.2, -0.15) is 0 Å². The zero-order valence-corrected chi connectivity index (χ0v) is 71.6. The molecular weight excluding hydrogens is 1630 g/mol. The molecule has 0 saturated heterocycles. The normalized spacial score (nSPS) is 14.3. The van der Waals surface area contributed by atoms with Crippen LogP contribution < -0.4 is 0 Å². The van der Waals surface area contributed by atoms with Crippen LogP contribution in [-0.4, -0.2) is 0 Å². The summed E-state index contributed by atoms with van der Waals surface area (Å²) in [6.45, 7) is 0. The molecule has 0 aliphatic carbocycles. The second kappa shape index (κ2) is 31.5. The SMILES string of the molecule is [2H]c1c([2H])c([2H])c2c(-c3cccc4oc5ccccc5c34)c3c([2H])c([2H])c([2H])c([2H])c3c(-c3ccc(-c4cc5ccccc5c5ccccc45)cc3)c2c1[2H].[2H]c1c([2H])c([2H])c2c(-c3cccc4oc5ccccc5c34)c3c([2H])c([2H])c([2H])c([2H])c3c(-c3ccc4ccc5ccccc5c4c3)c2c1[2H].[2H]c1c([2H])c([2H])c2c(-c3cccc4oc5ccccc5c34)c3c([2H])c([2H])c([2H])c([2H])c3c(-c3cccc(-c4ccc5ccc6ccccc6c5c4)c3)c2c1[2H]. The van der Waals surface area contributed by atoms with Gasteiger partial charge in [-0.1, -0.05) is 424 Å². The van der Waals surface area contributed by atoms with Gasteiger partial charge in [0.15, 0.2) is 0 Å². The Morgan fingerprint density at radius 1 is 0.133 bits per heavy atom. The van der Waals surface area contributed by atoms with Crippen molar-refractivity contribution in [1.82, 2.24) is 0 Å². The van der Waals surface area contributed by atoms with E-state index in [9.17, 15) is 16.4 Å². The van der Waals surface area contributed by atoms with E-state index >= 15 is 0 Å². The first-order chi connectivity index (χ1) is 77.0. The van der Waals surface area contributed by atoms with E-state index in [1.165, 1.54) is 0 Å². The van der Waals surface area contributed by atoms with Crippen LogP contribution in [0, 0.1) is 0 Å². The second-order valence-electron chi connectivity index (χ2n) is 33.9. The molecule has 3 heteroatoms. The van der Waals surface area contributed by atoms with Gasteiger partial charge in [-0.15, -0.1) is 0 Å². The van der Waals surface area contributed by atoms with Crippen molar-refractivity contribution in [2.75, 3.05) is 0 Å². The zero-order valence-electron chi connectivity index (χ0n) is 95.6. The first-order valence-electron chi connectivity index (χ1n) is 56.5. The van der Waals surface area contributed by atoms with Crippen LogP contribution in [0.2, 0.25) is 0 Å². The van der Waals surface area contributed by atoms with E-state index in [0.717, 1.165) is 103 Å². The predicted molar refractivity (Wildman–Crippen MR) is 575 cm³/mol. The van der Waals surface area contributed by atoms with Crippen LogP contribution in [0.25, 0.3) is 284 Å². The average Bonchev–Trinajstić information content (AvgIpc) is 1.59. The van der Waals surface area contributed by atoms with Gasteiger partial charge in [0, 0.05) is 32.3 Å². The lowest BCUT2D eigenvalue weighted by Crippen LogP contribution is -1.91. The molecule has 0 aliphatic rings. The zero-order chi connectivity index (χ0) is 110. The topological polar surface area (TPSA) is 39.4 Å². The molecule has 0 unspecified atom stereocenters. The molecule has 0 N–H and O–H groups in total. The van der Waals surface area contributed by atoms with Gasteiger partial charge < -0.3 is 13.3 Å². The molecule has 0 atom stereocenters. The van der Waals surface area contributed by atoms with Crippen molar-refractivity contribution >= 4 is 195 Å². The molecular formula is C132H80O3. The van der Waals surface area contributed by atoms with Crippen molar-refractivity contribution in [1.29, 1.82) is 0 Å². The van der Waals surface area contributed by atoms with Crippen LogP contribution in [0.4, 0.5) is 0 Å². The van der Waals surface area contributed by atoms with Gasteiger partial charge in [0.25, 0.3) is 0 Å². The van der Waals surface area contributed by atoms with E-state index in [1.807, 2.05) is 255 Å². The smallest absolute Gasteiger partial charge is 0.136 e.